The molecular formula is C14H12F2N6O3. The molecule has 0 saturated heterocycles. The van der Waals surface area contributed by atoms with Crippen LogP contribution in [0.1, 0.15) is 18.1 Å². The fraction of sp³-hybridized carbons (Fsp3) is 0.214. The topological polar surface area (TPSA) is 130 Å². The van der Waals surface area contributed by atoms with Gasteiger partial charge in [-0.2, -0.15) is 10.1 Å². The van der Waals surface area contributed by atoms with E-state index in [4.69, 9.17) is 4.52 Å². The summed E-state index contributed by atoms with van der Waals surface area (Å²) in [5.74, 6) is -1.88. The van der Waals surface area contributed by atoms with Crippen LogP contribution < -0.4 is 11.0 Å². The first-order chi connectivity index (χ1) is 12.0. The lowest BCUT2D eigenvalue weighted by molar-refractivity contribution is -0.121. The molecular weight excluding hydrogens is 338 g/mol. The van der Waals surface area contributed by atoms with Gasteiger partial charge in [-0.3, -0.25) is 9.78 Å². The van der Waals surface area contributed by atoms with Crippen molar-refractivity contribution in [1.29, 1.82) is 0 Å². The molecule has 0 aliphatic rings. The second-order valence-electron chi connectivity index (χ2n) is 5.01. The summed E-state index contributed by atoms with van der Waals surface area (Å²) in [5, 5.41) is 12.0. The van der Waals surface area contributed by atoms with Crippen LogP contribution in [0.15, 0.2) is 27.5 Å². The van der Waals surface area contributed by atoms with Crippen molar-refractivity contribution >= 4 is 5.91 Å². The zero-order valence-corrected chi connectivity index (χ0v) is 12.7. The average Bonchev–Trinajstić information content (AvgIpc) is 3.20. The Balaban J connectivity index is 1.56. The lowest BCUT2D eigenvalue weighted by atomic mass is 10.2. The zero-order chi connectivity index (χ0) is 17.8. The van der Waals surface area contributed by atoms with Crippen molar-refractivity contribution < 1.29 is 18.1 Å². The standard InChI is InChI=1S/C14H12F2N6O3/c15-7-2-1-3-8(16)12(7)13-18-10(22-25-13)6-17-11(23)5-4-9-19-14(24)21-20-9/h1-3H,4-6H2,(H,17,23)(H2,19,20,21,24). The van der Waals surface area contributed by atoms with E-state index in [9.17, 15) is 18.4 Å². The van der Waals surface area contributed by atoms with Gasteiger partial charge in [-0.25, -0.2) is 18.7 Å². The molecule has 3 rings (SSSR count). The molecule has 9 nitrogen and oxygen atoms in total. The Bertz CT molecular complexity index is 928. The molecule has 3 aromatic rings. The molecule has 0 spiro atoms. The van der Waals surface area contributed by atoms with E-state index < -0.39 is 22.9 Å². The van der Waals surface area contributed by atoms with E-state index in [1.807, 2.05) is 0 Å². The Morgan fingerprint density at radius 3 is 2.72 bits per heavy atom. The highest BCUT2D eigenvalue weighted by atomic mass is 19.1. The van der Waals surface area contributed by atoms with E-state index >= 15 is 0 Å². The van der Waals surface area contributed by atoms with Gasteiger partial charge < -0.3 is 9.84 Å². The van der Waals surface area contributed by atoms with Crippen LogP contribution in [0.3, 0.4) is 0 Å². The predicted molar refractivity (Wildman–Crippen MR) is 79.0 cm³/mol. The van der Waals surface area contributed by atoms with Gasteiger partial charge in [0.25, 0.3) is 5.89 Å². The van der Waals surface area contributed by atoms with Crippen LogP contribution in [0.4, 0.5) is 8.78 Å². The Kier molecular flexibility index (Phi) is 4.64. The monoisotopic (exact) mass is 350 g/mol. The summed E-state index contributed by atoms with van der Waals surface area (Å²) >= 11 is 0. The fourth-order valence-electron chi connectivity index (χ4n) is 2.05. The number of aromatic amines is 2. The Hall–Kier alpha value is -3.37. The summed E-state index contributed by atoms with van der Waals surface area (Å²) in [5.41, 5.74) is -0.870. The third-order valence-electron chi connectivity index (χ3n) is 3.23. The molecule has 1 aromatic carbocycles. The molecule has 0 atom stereocenters. The maximum absolute atomic E-state index is 13.7. The number of amides is 1. The summed E-state index contributed by atoms with van der Waals surface area (Å²) < 4.78 is 32.1. The van der Waals surface area contributed by atoms with E-state index in [0.29, 0.717) is 5.82 Å². The first kappa shape index (κ1) is 16.5. The molecule has 3 N–H and O–H groups in total. The maximum Gasteiger partial charge on any atom is 0.340 e. The normalized spacial score (nSPS) is 10.8. The van der Waals surface area contributed by atoms with Crippen molar-refractivity contribution in [3.8, 4) is 11.5 Å². The Morgan fingerprint density at radius 2 is 2.04 bits per heavy atom. The van der Waals surface area contributed by atoms with Gasteiger partial charge in [0.15, 0.2) is 5.82 Å². The molecule has 130 valence electrons. The van der Waals surface area contributed by atoms with Crippen LogP contribution in [0, 0.1) is 11.6 Å². The van der Waals surface area contributed by atoms with Crippen LogP contribution in [0.2, 0.25) is 0 Å². The van der Waals surface area contributed by atoms with Crippen LogP contribution in [-0.2, 0) is 17.8 Å². The van der Waals surface area contributed by atoms with Crippen molar-refractivity contribution in [2.75, 3.05) is 0 Å². The number of hydrogen-bond donors (Lipinski definition) is 3. The number of halogens is 2. The highest BCUT2D eigenvalue weighted by molar-refractivity contribution is 5.75. The summed E-state index contributed by atoms with van der Waals surface area (Å²) in [6, 6.07) is 3.37. The van der Waals surface area contributed by atoms with E-state index in [0.717, 1.165) is 12.1 Å². The predicted octanol–water partition coefficient (Wildman–Crippen LogP) is 0.675. The number of carbonyl (C=O) groups excluding carboxylic acids is 1. The largest absolute Gasteiger partial charge is 0.349 e. The van der Waals surface area contributed by atoms with Gasteiger partial charge in [0.1, 0.15) is 23.0 Å². The molecule has 2 heterocycles. The van der Waals surface area contributed by atoms with Gasteiger partial charge >= 0.3 is 5.69 Å². The second-order valence-corrected chi connectivity index (χ2v) is 5.01. The molecule has 0 aliphatic carbocycles. The summed E-state index contributed by atoms with van der Waals surface area (Å²) in [4.78, 5) is 28.9. The number of rotatable bonds is 6. The van der Waals surface area contributed by atoms with E-state index in [1.54, 1.807) is 0 Å². The third kappa shape index (κ3) is 3.94. The smallest absolute Gasteiger partial charge is 0.340 e. The molecule has 0 unspecified atom stereocenters. The number of aryl methyl sites for hydroxylation is 1. The minimum Gasteiger partial charge on any atom is -0.349 e. The molecule has 1 amide bonds. The number of benzene rings is 1. The number of nitrogens with zero attached hydrogens (tertiary/aromatic N) is 3. The number of aromatic nitrogens is 5. The first-order valence-corrected chi connectivity index (χ1v) is 7.20. The molecule has 0 fully saturated rings. The van der Waals surface area contributed by atoms with E-state index in [1.165, 1.54) is 6.07 Å². The van der Waals surface area contributed by atoms with Crippen molar-refractivity contribution in [2.45, 2.75) is 19.4 Å². The van der Waals surface area contributed by atoms with E-state index in [-0.39, 0.29) is 37.0 Å². The van der Waals surface area contributed by atoms with Crippen molar-refractivity contribution in [3.05, 3.63) is 52.0 Å². The van der Waals surface area contributed by atoms with Crippen LogP contribution in [0.25, 0.3) is 11.5 Å². The molecule has 0 radical (unpaired) electrons. The second kappa shape index (κ2) is 7.03. The fourth-order valence-corrected chi connectivity index (χ4v) is 2.05. The summed E-state index contributed by atoms with van der Waals surface area (Å²) in [7, 11) is 0. The van der Waals surface area contributed by atoms with Gasteiger partial charge in [-0.05, 0) is 12.1 Å². The van der Waals surface area contributed by atoms with Gasteiger partial charge in [-0.15, -0.1) is 0 Å². The highest BCUT2D eigenvalue weighted by Crippen LogP contribution is 2.24. The molecule has 0 bridgehead atoms. The SMILES string of the molecule is O=C(CCc1n[nH]c(=O)[nH]1)NCc1noc(-c2c(F)cccc2F)n1. The number of H-pyrrole nitrogens is 2. The van der Waals surface area contributed by atoms with Crippen molar-refractivity contribution in [2.24, 2.45) is 0 Å². The van der Waals surface area contributed by atoms with Crippen LogP contribution >= 0.6 is 0 Å². The molecule has 25 heavy (non-hydrogen) atoms. The van der Waals surface area contributed by atoms with Gasteiger partial charge in [-0.1, -0.05) is 11.2 Å². The first-order valence-electron chi connectivity index (χ1n) is 7.20. The third-order valence-corrected chi connectivity index (χ3v) is 3.23. The van der Waals surface area contributed by atoms with Crippen LogP contribution in [0.5, 0.6) is 0 Å². The quantitative estimate of drug-likeness (QED) is 0.599. The molecule has 2 aromatic heterocycles. The number of hydrogen-bond acceptors (Lipinski definition) is 6. The summed E-state index contributed by atoms with van der Waals surface area (Å²) in [6.07, 6.45) is 0.315. The van der Waals surface area contributed by atoms with Crippen molar-refractivity contribution in [1.82, 2.24) is 30.6 Å². The lowest BCUT2D eigenvalue weighted by Crippen LogP contribution is -2.23. The molecule has 11 heteroatoms. The minimum absolute atomic E-state index is 0.0687. The van der Waals surface area contributed by atoms with Gasteiger partial charge in [0, 0.05) is 12.8 Å². The van der Waals surface area contributed by atoms with E-state index in [2.05, 4.69) is 30.6 Å². The minimum atomic E-state index is -0.827. The highest BCUT2D eigenvalue weighted by Gasteiger charge is 2.18. The van der Waals surface area contributed by atoms with Gasteiger partial charge in [0.05, 0.1) is 6.54 Å². The number of carbonyl (C=O) groups is 1. The lowest BCUT2D eigenvalue weighted by Gasteiger charge is -2.00. The maximum atomic E-state index is 13.7. The Morgan fingerprint density at radius 1 is 1.28 bits per heavy atom. The average molecular weight is 350 g/mol. The zero-order valence-electron chi connectivity index (χ0n) is 12.7. The van der Waals surface area contributed by atoms with Gasteiger partial charge in [0.2, 0.25) is 5.91 Å². The molecule has 0 aliphatic heterocycles. The Labute approximate surface area is 138 Å². The molecule has 0 saturated carbocycles. The van der Waals surface area contributed by atoms with Crippen molar-refractivity contribution in [3.63, 3.8) is 0 Å². The van der Waals surface area contributed by atoms with Crippen LogP contribution in [-0.4, -0.2) is 31.2 Å². The summed E-state index contributed by atoms with van der Waals surface area (Å²) in [6.45, 7) is -0.0739. The number of nitrogens with one attached hydrogen (secondary N) is 3.